The molecule has 0 saturated carbocycles. The van der Waals surface area contributed by atoms with Gasteiger partial charge < -0.3 is 11.1 Å². The van der Waals surface area contributed by atoms with E-state index in [1.165, 1.54) is 0 Å². The number of anilines is 1. The van der Waals surface area contributed by atoms with Gasteiger partial charge in [-0.1, -0.05) is 36.2 Å². The van der Waals surface area contributed by atoms with Crippen LogP contribution in [0.4, 0.5) is 5.69 Å². The Hall–Kier alpha value is -1.03. The predicted molar refractivity (Wildman–Crippen MR) is 70.3 cm³/mol. The van der Waals surface area contributed by atoms with Crippen LogP contribution in [-0.4, -0.2) is 12.5 Å². The summed E-state index contributed by atoms with van der Waals surface area (Å²) in [5, 5.41) is 2.89. The molecular formula is C12H17BrN2O. The zero-order valence-corrected chi connectivity index (χ0v) is 11.2. The van der Waals surface area contributed by atoms with Crippen molar-refractivity contribution in [3.8, 4) is 0 Å². The highest BCUT2D eigenvalue weighted by molar-refractivity contribution is 9.10. The van der Waals surface area contributed by atoms with Crippen molar-refractivity contribution in [3.63, 3.8) is 0 Å². The Morgan fingerprint density at radius 1 is 1.50 bits per heavy atom. The van der Waals surface area contributed by atoms with Gasteiger partial charge in [-0.15, -0.1) is 0 Å². The van der Waals surface area contributed by atoms with Crippen molar-refractivity contribution in [2.45, 2.75) is 20.3 Å². The third-order valence-corrected chi connectivity index (χ3v) is 2.95. The molecule has 16 heavy (non-hydrogen) atoms. The number of nitrogens with two attached hydrogens (primary N) is 1. The van der Waals surface area contributed by atoms with E-state index in [1.807, 2.05) is 0 Å². The number of amides is 1. The summed E-state index contributed by atoms with van der Waals surface area (Å²) < 4.78 is 0.821. The zero-order chi connectivity index (χ0) is 12.1. The van der Waals surface area contributed by atoms with Gasteiger partial charge in [0.1, 0.15) is 0 Å². The number of carbonyl (C=O) groups excluding carboxylic acids is 1. The third kappa shape index (κ3) is 3.85. The molecule has 4 heteroatoms. The van der Waals surface area contributed by atoms with Gasteiger partial charge in [0.15, 0.2) is 0 Å². The molecule has 0 saturated heterocycles. The van der Waals surface area contributed by atoms with Crippen molar-refractivity contribution in [1.29, 1.82) is 0 Å². The van der Waals surface area contributed by atoms with Crippen LogP contribution in [0.25, 0.3) is 0 Å². The first-order valence-electron chi connectivity index (χ1n) is 5.37. The van der Waals surface area contributed by atoms with E-state index in [4.69, 9.17) is 5.73 Å². The second kappa shape index (κ2) is 5.89. The van der Waals surface area contributed by atoms with Crippen LogP contribution < -0.4 is 11.1 Å². The Balaban J connectivity index is 2.66. The molecule has 0 aliphatic carbocycles. The van der Waals surface area contributed by atoms with E-state index >= 15 is 0 Å². The van der Waals surface area contributed by atoms with Gasteiger partial charge in [-0.2, -0.15) is 0 Å². The summed E-state index contributed by atoms with van der Waals surface area (Å²) in [6.45, 7) is 4.91. The Morgan fingerprint density at radius 2 is 2.19 bits per heavy atom. The van der Waals surface area contributed by atoms with Crippen LogP contribution in [0.15, 0.2) is 22.7 Å². The smallest absolute Gasteiger partial charge is 0.251 e. The van der Waals surface area contributed by atoms with Gasteiger partial charge in [0, 0.05) is 22.3 Å². The molecule has 0 bridgehead atoms. The second-order valence-corrected chi connectivity index (χ2v) is 4.91. The minimum absolute atomic E-state index is 0.0756. The van der Waals surface area contributed by atoms with Crippen LogP contribution in [0.2, 0.25) is 0 Å². The minimum atomic E-state index is -0.0756. The number of benzene rings is 1. The summed E-state index contributed by atoms with van der Waals surface area (Å²) >= 11 is 3.31. The molecule has 0 radical (unpaired) electrons. The highest BCUT2D eigenvalue weighted by atomic mass is 79.9. The number of nitrogens with one attached hydrogen (secondary N) is 1. The van der Waals surface area contributed by atoms with Gasteiger partial charge >= 0.3 is 0 Å². The van der Waals surface area contributed by atoms with Gasteiger partial charge in [-0.3, -0.25) is 4.79 Å². The lowest BCUT2D eigenvalue weighted by atomic mass is 10.1. The Labute approximate surface area is 105 Å². The fourth-order valence-corrected chi connectivity index (χ4v) is 1.77. The maximum absolute atomic E-state index is 11.8. The molecule has 1 aromatic carbocycles. The van der Waals surface area contributed by atoms with Gasteiger partial charge in [0.25, 0.3) is 5.91 Å². The largest absolute Gasteiger partial charge is 0.399 e. The summed E-state index contributed by atoms with van der Waals surface area (Å²) in [5.74, 6) is 0.418. The van der Waals surface area contributed by atoms with Crippen molar-refractivity contribution >= 4 is 27.5 Å². The number of hydrogen-bond acceptors (Lipinski definition) is 2. The van der Waals surface area contributed by atoms with Gasteiger partial charge in [-0.05, 0) is 24.1 Å². The molecule has 1 rings (SSSR count). The highest BCUT2D eigenvalue weighted by Gasteiger charge is 2.08. The van der Waals surface area contributed by atoms with Gasteiger partial charge in [0.05, 0.1) is 0 Å². The first kappa shape index (κ1) is 13.0. The third-order valence-electron chi connectivity index (χ3n) is 2.49. The van der Waals surface area contributed by atoms with Crippen LogP contribution in [0.1, 0.15) is 30.6 Å². The molecule has 0 aromatic heterocycles. The summed E-state index contributed by atoms with van der Waals surface area (Å²) in [6, 6.07) is 5.21. The number of rotatable bonds is 4. The fourth-order valence-electron chi connectivity index (χ4n) is 1.26. The molecule has 0 aliphatic heterocycles. The van der Waals surface area contributed by atoms with Crippen LogP contribution in [0, 0.1) is 5.92 Å². The summed E-state index contributed by atoms with van der Waals surface area (Å²) in [4.78, 5) is 11.8. The number of hydrogen-bond donors (Lipinski definition) is 2. The predicted octanol–water partition coefficient (Wildman–Crippen LogP) is 2.81. The molecule has 0 heterocycles. The molecular weight excluding hydrogens is 268 g/mol. The summed E-state index contributed by atoms with van der Waals surface area (Å²) in [6.07, 6.45) is 1.06. The summed E-state index contributed by atoms with van der Waals surface area (Å²) in [7, 11) is 0. The van der Waals surface area contributed by atoms with E-state index in [2.05, 4.69) is 35.1 Å². The number of halogens is 1. The van der Waals surface area contributed by atoms with Crippen molar-refractivity contribution < 1.29 is 4.79 Å². The number of carbonyl (C=O) groups is 1. The maximum Gasteiger partial charge on any atom is 0.251 e. The van der Waals surface area contributed by atoms with E-state index in [9.17, 15) is 4.79 Å². The number of nitrogen functional groups attached to an aromatic ring is 1. The Kier molecular flexibility index (Phi) is 4.80. The molecule has 3 N–H and O–H groups in total. The molecule has 0 fully saturated rings. The second-order valence-electron chi connectivity index (χ2n) is 4.00. The van der Waals surface area contributed by atoms with Crippen LogP contribution in [0.5, 0.6) is 0 Å². The molecule has 1 unspecified atom stereocenters. The first-order valence-corrected chi connectivity index (χ1v) is 6.16. The van der Waals surface area contributed by atoms with Crippen molar-refractivity contribution in [1.82, 2.24) is 5.32 Å². The lowest BCUT2D eigenvalue weighted by molar-refractivity contribution is 0.0948. The normalized spacial score (nSPS) is 12.2. The standard InChI is InChI=1S/C12H17BrN2O/c1-3-8(2)7-15-12(16)9-4-10(13)6-11(14)5-9/h4-6,8H,3,7,14H2,1-2H3,(H,15,16). The Morgan fingerprint density at radius 3 is 2.75 bits per heavy atom. The average Bonchev–Trinajstić information content (AvgIpc) is 2.23. The SMILES string of the molecule is CCC(C)CNC(=O)c1cc(N)cc(Br)c1. The molecule has 0 spiro atoms. The molecule has 1 aromatic rings. The Bertz CT molecular complexity index is 359. The van der Waals surface area contributed by atoms with E-state index in [-0.39, 0.29) is 5.91 Å². The molecule has 88 valence electrons. The molecule has 1 atom stereocenters. The van der Waals surface area contributed by atoms with E-state index in [0.29, 0.717) is 23.7 Å². The summed E-state index contributed by atoms with van der Waals surface area (Å²) in [5.41, 5.74) is 6.85. The van der Waals surface area contributed by atoms with Crippen molar-refractivity contribution in [2.75, 3.05) is 12.3 Å². The average molecular weight is 285 g/mol. The minimum Gasteiger partial charge on any atom is -0.399 e. The molecule has 1 amide bonds. The maximum atomic E-state index is 11.8. The van der Waals surface area contributed by atoms with E-state index < -0.39 is 0 Å². The first-order chi connectivity index (χ1) is 7.52. The van der Waals surface area contributed by atoms with Gasteiger partial charge in [0.2, 0.25) is 0 Å². The van der Waals surface area contributed by atoms with E-state index in [1.54, 1.807) is 18.2 Å². The van der Waals surface area contributed by atoms with Crippen molar-refractivity contribution in [3.05, 3.63) is 28.2 Å². The topological polar surface area (TPSA) is 55.1 Å². The van der Waals surface area contributed by atoms with Crippen LogP contribution >= 0.6 is 15.9 Å². The lowest BCUT2D eigenvalue weighted by Gasteiger charge is -2.10. The fraction of sp³-hybridized carbons (Fsp3) is 0.417. The monoisotopic (exact) mass is 284 g/mol. The lowest BCUT2D eigenvalue weighted by Crippen LogP contribution is -2.28. The van der Waals surface area contributed by atoms with Crippen LogP contribution in [-0.2, 0) is 0 Å². The zero-order valence-electron chi connectivity index (χ0n) is 9.59. The molecule has 3 nitrogen and oxygen atoms in total. The molecule has 0 aliphatic rings. The van der Waals surface area contributed by atoms with E-state index in [0.717, 1.165) is 10.9 Å². The van der Waals surface area contributed by atoms with Crippen molar-refractivity contribution in [2.24, 2.45) is 5.92 Å². The van der Waals surface area contributed by atoms with Crippen LogP contribution in [0.3, 0.4) is 0 Å². The highest BCUT2D eigenvalue weighted by Crippen LogP contribution is 2.17. The van der Waals surface area contributed by atoms with Gasteiger partial charge in [-0.25, -0.2) is 0 Å². The quantitative estimate of drug-likeness (QED) is 0.836.